The predicted molar refractivity (Wildman–Crippen MR) is 75.6 cm³/mol. The summed E-state index contributed by atoms with van der Waals surface area (Å²) < 4.78 is 11.4. The van der Waals surface area contributed by atoms with Crippen LogP contribution in [0, 0.1) is 0 Å². The van der Waals surface area contributed by atoms with E-state index >= 15 is 0 Å². The number of nitrogens with two attached hydrogens (primary N) is 1. The van der Waals surface area contributed by atoms with Crippen molar-refractivity contribution in [1.29, 1.82) is 0 Å². The Bertz CT molecular complexity index is 529. The van der Waals surface area contributed by atoms with Crippen molar-refractivity contribution >= 4 is 23.2 Å². The second kappa shape index (κ2) is 5.24. The summed E-state index contributed by atoms with van der Waals surface area (Å²) in [6.07, 6.45) is 1.67. The number of amides is 1. The van der Waals surface area contributed by atoms with E-state index in [0.29, 0.717) is 42.6 Å². The lowest BCUT2D eigenvalue weighted by Crippen LogP contribution is -2.51. The number of likely N-dealkylation sites (tertiary alicyclic amines) is 1. The van der Waals surface area contributed by atoms with Crippen LogP contribution in [0.25, 0.3) is 0 Å². The van der Waals surface area contributed by atoms with Crippen molar-refractivity contribution in [3.8, 4) is 0 Å². The highest BCUT2D eigenvalue weighted by molar-refractivity contribution is 6.31. The van der Waals surface area contributed by atoms with Gasteiger partial charge in [0.05, 0.1) is 25.3 Å². The van der Waals surface area contributed by atoms with Gasteiger partial charge in [0, 0.05) is 23.7 Å². The largest absolute Gasteiger partial charge is 0.398 e. The number of halogens is 1. The van der Waals surface area contributed by atoms with Gasteiger partial charge in [-0.15, -0.1) is 0 Å². The van der Waals surface area contributed by atoms with E-state index in [1.54, 1.807) is 23.1 Å². The molecule has 6 heteroatoms. The Morgan fingerprint density at radius 1 is 1.35 bits per heavy atom. The number of carbonyl (C=O) groups is 1. The molecule has 1 aromatic carbocycles. The van der Waals surface area contributed by atoms with Gasteiger partial charge in [-0.05, 0) is 24.6 Å². The number of benzene rings is 1. The fourth-order valence-corrected chi connectivity index (χ4v) is 2.95. The maximum absolute atomic E-state index is 12.6. The molecule has 0 aliphatic carbocycles. The maximum atomic E-state index is 12.6. The number of nitrogen functional groups attached to an aromatic ring is 1. The summed E-state index contributed by atoms with van der Waals surface area (Å²) in [4.78, 5) is 14.3. The molecule has 20 heavy (non-hydrogen) atoms. The Labute approximate surface area is 122 Å². The Kier molecular flexibility index (Phi) is 3.58. The van der Waals surface area contributed by atoms with E-state index in [2.05, 4.69) is 0 Å². The molecule has 0 saturated carbocycles. The molecule has 2 heterocycles. The quantitative estimate of drug-likeness (QED) is 0.804. The molecule has 3 rings (SSSR count). The topological polar surface area (TPSA) is 64.8 Å². The first kappa shape index (κ1) is 13.7. The fraction of sp³-hybridized carbons (Fsp3) is 0.500. The Morgan fingerprint density at radius 3 is 2.85 bits per heavy atom. The van der Waals surface area contributed by atoms with Crippen LogP contribution < -0.4 is 5.73 Å². The number of carbonyl (C=O) groups excluding carboxylic acids is 1. The van der Waals surface area contributed by atoms with Crippen molar-refractivity contribution in [3.63, 3.8) is 0 Å². The summed E-state index contributed by atoms with van der Waals surface area (Å²) in [5, 5.41) is 0.502. The standard InChI is InChI=1S/C14H17ClN2O3/c15-10-2-3-12(16)11(8-10)13(18)17-5-1-4-14(9-17)19-6-7-20-14/h2-3,8H,1,4-7,9,16H2. The number of rotatable bonds is 1. The SMILES string of the molecule is Nc1ccc(Cl)cc1C(=O)N1CCCC2(C1)OCCO2. The molecule has 1 spiro atoms. The second-order valence-corrected chi connectivity index (χ2v) is 5.61. The molecule has 1 amide bonds. The van der Waals surface area contributed by atoms with E-state index in [0.717, 1.165) is 12.8 Å². The minimum absolute atomic E-state index is 0.122. The van der Waals surface area contributed by atoms with Crippen molar-refractivity contribution in [2.24, 2.45) is 0 Å². The first-order valence-corrected chi connectivity index (χ1v) is 7.10. The van der Waals surface area contributed by atoms with E-state index in [1.807, 2.05) is 0 Å². The monoisotopic (exact) mass is 296 g/mol. The van der Waals surface area contributed by atoms with Gasteiger partial charge in [0.25, 0.3) is 5.91 Å². The van der Waals surface area contributed by atoms with Crippen molar-refractivity contribution in [1.82, 2.24) is 4.90 Å². The Hall–Kier alpha value is -1.30. The van der Waals surface area contributed by atoms with Gasteiger partial charge in [-0.25, -0.2) is 0 Å². The highest BCUT2D eigenvalue weighted by Crippen LogP contribution is 2.31. The zero-order valence-corrected chi connectivity index (χ0v) is 11.9. The summed E-state index contributed by atoms with van der Waals surface area (Å²) in [5.74, 6) is -0.746. The van der Waals surface area contributed by atoms with Crippen LogP contribution in [0.3, 0.4) is 0 Å². The van der Waals surface area contributed by atoms with Gasteiger partial charge in [0.15, 0.2) is 5.79 Å². The van der Waals surface area contributed by atoms with Gasteiger partial charge in [-0.1, -0.05) is 11.6 Å². The minimum atomic E-state index is -0.624. The van der Waals surface area contributed by atoms with Gasteiger partial charge in [-0.3, -0.25) is 4.79 Å². The highest BCUT2D eigenvalue weighted by Gasteiger charge is 2.42. The van der Waals surface area contributed by atoms with Crippen LogP contribution in [0.4, 0.5) is 5.69 Å². The summed E-state index contributed by atoms with van der Waals surface area (Å²) in [7, 11) is 0. The first-order valence-electron chi connectivity index (χ1n) is 6.72. The summed E-state index contributed by atoms with van der Waals surface area (Å²) in [6, 6.07) is 4.93. The number of hydrogen-bond donors (Lipinski definition) is 1. The smallest absolute Gasteiger partial charge is 0.256 e. The van der Waals surface area contributed by atoms with Gasteiger partial charge < -0.3 is 20.1 Å². The Balaban J connectivity index is 1.81. The third-order valence-corrected chi connectivity index (χ3v) is 4.00. The number of hydrogen-bond acceptors (Lipinski definition) is 4. The van der Waals surface area contributed by atoms with Gasteiger partial charge in [0.1, 0.15) is 0 Å². The van der Waals surface area contributed by atoms with Crippen molar-refractivity contribution in [2.75, 3.05) is 32.0 Å². The molecule has 2 N–H and O–H groups in total. The zero-order valence-electron chi connectivity index (χ0n) is 11.1. The van der Waals surface area contributed by atoms with Gasteiger partial charge in [0.2, 0.25) is 0 Å². The minimum Gasteiger partial charge on any atom is -0.398 e. The predicted octanol–water partition coefficient (Wildman–Crippen LogP) is 1.90. The third-order valence-electron chi connectivity index (χ3n) is 3.76. The lowest BCUT2D eigenvalue weighted by Gasteiger charge is -2.38. The summed E-state index contributed by atoms with van der Waals surface area (Å²) in [6.45, 7) is 2.29. The van der Waals surface area contributed by atoms with Gasteiger partial charge >= 0.3 is 0 Å². The molecule has 0 atom stereocenters. The molecule has 0 radical (unpaired) electrons. The zero-order chi connectivity index (χ0) is 14.2. The molecule has 2 fully saturated rings. The molecular formula is C14H17ClN2O3. The maximum Gasteiger partial charge on any atom is 0.256 e. The first-order chi connectivity index (χ1) is 9.60. The van der Waals surface area contributed by atoms with Crippen LogP contribution in [0.15, 0.2) is 18.2 Å². The van der Waals surface area contributed by atoms with Gasteiger partial charge in [-0.2, -0.15) is 0 Å². The molecule has 2 aliphatic heterocycles. The van der Waals surface area contributed by atoms with Crippen LogP contribution in [0.5, 0.6) is 0 Å². The number of ether oxygens (including phenoxy) is 2. The molecule has 0 aromatic heterocycles. The molecule has 108 valence electrons. The second-order valence-electron chi connectivity index (χ2n) is 5.17. The van der Waals surface area contributed by atoms with Crippen LogP contribution in [-0.2, 0) is 9.47 Å². The summed E-state index contributed by atoms with van der Waals surface area (Å²) in [5.41, 5.74) is 6.75. The van der Waals surface area contributed by atoms with Crippen LogP contribution in [0.1, 0.15) is 23.2 Å². The van der Waals surface area contributed by atoms with Crippen molar-refractivity contribution < 1.29 is 14.3 Å². The number of anilines is 1. The Morgan fingerprint density at radius 2 is 2.10 bits per heavy atom. The van der Waals surface area contributed by atoms with Crippen molar-refractivity contribution in [3.05, 3.63) is 28.8 Å². The fourth-order valence-electron chi connectivity index (χ4n) is 2.78. The normalized spacial score (nSPS) is 21.4. The molecule has 0 unspecified atom stereocenters. The molecule has 2 aliphatic rings. The van der Waals surface area contributed by atoms with E-state index < -0.39 is 5.79 Å². The third kappa shape index (κ3) is 2.49. The van der Waals surface area contributed by atoms with E-state index in [-0.39, 0.29) is 5.91 Å². The van der Waals surface area contributed by atoms with Crippen LogP contribution >= 0.6 is 11.6 Å². The van der Waals surface area contributed by atoms with E-state index in [9.17, 15) is 4.79 Å². The van der Waals surface area contributed by atoms with Crippen LogP contribution in [-0.4, -0.2) is 42.9 Å². The highest BCUT2D eigenvalue weighted by atomic mass is 35.5. The summed E-state index contributed by atoms with van der Waals surface area (Å²) >= 11 is 5.94. The molecule has 2 saturated heterocycles. The number of nitrogens with zero attached hydrogens (tertiary/aromatic N) is 1. The van der Waals surface area contributed by atoms with Crippen LogP contribution in [0.2, 0.25) is 5.02 Å². The van der Waals surface area contributed by atoms with E-state index in [4.69, 9.17) is 26.8 Å². The average Bonchev–Trinajstić information content (AvgIpc) is 2.88. The van der Waals surface area contributed by atoms with E-state index in [1.165, 1.54) is 0 Å². The average molecular weight is 297 g/mol. The lowest BCUT2D eigenvalue weighted by atomic mass is 10.0. The molecule has 0 bridgehead atoms. The van der Waals surface area contributed by atoms with Crippen molar-refractivity contribution in [2.45, 2.75) is 18.6 Å². The lowest BCUT2D eigenvalue weighted by molar-refractivity contribution is -0.183. The molecular weight excluding hydrogens is 280 g/mol. The molecule has 1 aromatic rings. The number of piperidine rings is 1. The molecule has 5 nitrogen and oxygen atoms in total.